The predicted molar refractivity (Wildman–Crippen MR) is 98.6 cm³/mol. The maximum absolute atomic E-state index is 5.11. The van der Waals surface area contributed by atoms with Crippen LogP contribution in [0.5, 0.6) is 0 Å². The van der Waals surface area contributed by atoms with E-state index in [-0.39, 0.29) is 0 Å². The third kappa shape index (κ3) is 4.84. The average molecular weight is 327 g/mol. The quantitative estimate of drug-likeness (QED) is 0.724. The summed E-state index contributed by atoms with van der Waals surface area (Å²) in [6.07, 6.45) is 4.79. The molecule has 24 heavy (non-hydrogen) atoms. The summed E-state index contributed by atoms with van der Waals surface area (Å²) in [7, 11) is 0. The van der Waals surface area contributed by atoms with Crippen molar-refractivity contribution in [3.63, 3.8) is 0 Å². The molecule has 0 aliphatic carbocycles. The Bertz CT molecular complexity index is 612. The molecular formula is C20H29N3O. The summed E-state index contributed by atoms with van der Waals surface area (Å²) in [5.41, 5.74) is 3.79. The lowest BCUT2D eigenvalue weighted by atomic mass is 10.1. The van der Waals surface area contributed by atoms with Gasteiger partial charge in [-0.05, 0) is 51.8 Å². The predicted octanol–water partition coefficient (Wildman–Crippen LogP) is 3.83. The molecule has 1 aromatic heterocycles. The fraction of sp³-hybridized carbons (Fsp3) is 0.550. The molecular weight excluding hydrogens is 298 g/mol. The van der Waals surface area contributed by atoms with E-state index in [4.69, 9.17) is 4.52 Å². The minimum Gasteiger partial charge on any atom is -0.369 e. The first kappa shape index (κ1) is 17.0. The van der Waals surface area contributed by atoms with Gasteiger partial charge >= 0.3 is 0 Å². The van der Waals surface area contributed by atoms with Crippen LogP contribution in [0.2, 0.25) is 0 Å². The largest absolute Gasteiger partial charge is 0.369 e. The van der Waals surface area contributed by atoms with E-state index in [9.17, 15) is 0 Å². The van der Waals surface area contributed by atoms with Crippen LogP contribution in [0.3, 0.4) is 0 Å². The van der Waals surface area contributed by atoms with Crippen LogP contribution in [0, 0.1) is 13.8 Å². The first-order valence-corrected chi connectivity index (χ1v) is 9.17. The number of nitrogens with zero attached hydrogens (tertiary/aromatic N) is 3. The van der Waals surface area contributed by atoms with Crippen LogP contribution in [0.4, 0.5) is 5.69 Å². The third-order valence-corrected chi connectivity index (χ3v) is 4.86. The third-order valence-electron chi connectivity index (χ3n) is 4.86. The number of hydrogen-bond donors (Lipinski definition) is 0. The maximum atomic E-state index is 5.11. The first-order valence-electron chi connectivity index (χ1n) is 9.17. The van der Waals surface area contributed by atoms with Crippen LogP contribution in [0.25, 0.3) is 0 Å². The van der Waals surface area contributed by atoms with Crippen LogP contribution in [-0.2, 0) is 6.42 Å². The highest BCUT2D eigenvalue weighted by atomic mass is 16.5. The topological polar surface area (TPSA) is 32.5 Å². The number of unbranched alkanes of at least 4 members (excludes halogenated alkanes) is 2. The molecule has 4 heteroatoms. The van der Waals surface area contributed by atoms with E-state index in [1.807, 2.05) is 13.0 Å². The van der Waals surface area contributed by atoms with Gasteiger partial charge in [-0.15, -0.1) is 0 Å². The monoisotopic (exact) mass is 327 g/mol. The number of benzene rings is 1. The minimum atomic E-state index is 0.913. The Labute approximate surface area is 145 Å². The van der Waals surface area contributed by atoms with Crippen molar-refractivity contribution in [1.82, 2.24) is 10.1 Å². The van der Waals surface area contributed by atoms with Gasteiger partial charge in [0, 0.05) is 37.9 Å². The summed E-state index contributed by atoms with van der Waals surface area (Å²) in [6, 6.07) is 11.0. The van der Waals surface area contributed by atoms with Gasteiger partial charge < -0.3 is 9.42 Å². The number of piperazine rings is 1. The van der Waals surface area contributed by atoms with E-state index >= 15 is 0 Å². The molecule has 0 radical (unpaired) electrons. The Morgan fingerprint density at radius 2 is 1.71 bits per heavy atom. The SMILES string of the molecule is Cc1ccc(N2CCN(CCCCCc3cc(C)on3)CC2)cc1. The zero-order valence-corrected chi connectivity index (χ0v) is 15.0. The molecule has 2 heterocycles. The normalized spacial score (nSPS) is 15.8. The lowest BCUT2D eigenvalue weighted by Gasteiger charge is -2.36. The Hall–Kier alpha value is -1.81. The zero-order valence-electron chi connectivity index (χ0n) is 15.0. The summed E-state index contributed by atoms with van der Waals surface area (Å²) < 4.78 is 5.11. The van der Waals surface area contributed by atoms with Gasteiger partial charge in [0.2, 0.25) is 0 Å². The second-order valence-corrected chi connectivity index (χ2v) is 6.90. The fourth-order valence-electron chi connectivity index (χ4n) is 3.34. The Morgan fingerprint density at radius 1 is 0.958 bits per heavy atom. The molecule has 0 atom stereocenters. The van der Waals surface area contributed by atoms with Gasteiger partial charge in [0.15, 0.2) is 0 Å². The van der Waals surface area contributed by atoms with Crippen molar-refractivity contribution in [2.75, 3.05) is 37.6 Å². The molecule has 130 valence electrons. The molecule has 1 saturated heterocycles. The first-order chi connectivity index (χ1) is 11.7. The number of anilines is 1. The van der Waals surface area contributed by atoms with Crippen molar-refractivity contribution >= 4 is 5.69 Å². The average Bonchev–Trinajstić information content (AvgIpc) is 3.01. The molecule has 1 aliphatic rings. The van der Waals surface area contributed by atoms with E-state index in [0.717, 1.165) is 31.0 Å². The van der Waals surface area contributed by atoms with E-state index in [2.05, 4.69) is 46.1 Å². The van der Waals surface area contributed by atoms with Crippen molar-refractivity contribution in [3.8, 4) is 0 Å². The summed E-state index contributed by atoms with van der Waals surface area (Å²) in [6.45, 7) is 9.95. The Morgan fingerprint density at radius 3 is 2.38 bits per heavy atom. The Balaban J connectivity index is 1.30. The highest BCUT2D eigenvalue weighted by molar-refractivity contribution is 5.47. The van der Waals surface area contributed by atoms with Crippen LogP contribution < -0.4 is 4.90 Å². The molecule has 0 saturated carbocycles. The lowest BCUT2D eigenvalue weighted by molar-refractivity contribution is 0.252. The number of aromatic nitrogens is 1. The molecule has 0 N–H and O–H groups in total. The summed E-state index contributed by atoms with van der Waals surface area (Å²) in [5.74, 6) is 0.913. The van der Waals surface area contributed by atoms with Crippen LogP contribution in [0.15, 0.2) is 34.9 Å². The zero-order chi connectivity index (χ0) is 16.8. The lowest BCUT2D eigenvalue weighted by Crippen LogP contribution is -2.46. The highest BCUT2D eigenvalue weighted by Crippen LogP contribution is 2.17. The van der Waals surface area contributed by atoms with Gasteiger partial charge in [-0.25, -0.2) is 0 Å². The van der Waals surface area contributed by atoms with Crippen molar-refractivity contribution < 1.29 is 4.52 Å². The van der Waals surface area contributed by atoms with Crippen LogP contribution >= 0.6 is 0 Å². The maximum Gasteiger partial charge on any atom is 0.133 e. The molecule has 3 rings (SSSR count). The summed E-state index contributed by atoms with van der Waals surface area (Å²) in [4.78, 5) is 5.10. The molecule has 1 aromatic carbocycles. The molecule has 0 bridgehead atoms. The van der Waals surface area contributed by atoms with Gasteiger partial charge in [0.25, 0.3) is 0 Å². The second-order valence-electron chi connectivity index (χ2n) is 6.90. The molecule has 4 nitrogen and oxygen atoms in total. The molecule has 2 aromatic rings. The van der Waals surface area contributed by atoms with Crippen LogP contribution in [-0.4, -0.2) is 42.8 Å². The smallest absolute Gasteiger partial charge is 0.133 e. The number of rotatable bonds is 7. The van der Waals surface area contributed by atoms with Gasteiger partial charge in [-0.3, -0.25) is 4.90 Å². The number of hydrogen-bond acceptors (Lipinski definition) is 4. The van der Waals surface area contributed by atoms with Gasteiger partial charge in [-0.1, -0.05) is 29.3 Å². The molecule has 0 unspecified atom stereocenters. The van der Waals surface area contributed by atoms with E-state index in [1.165, 1.54) is 50.1 Å². The molecule has 1 aliphatic heterocycles. The van der Waals surface area contributed by atoms with Gasteiger partial charge in [0.1, 0.15) is 5.76 Å². The molecule has 1 fully saturated rings. The molecule has 0 spiro atoms. The van der Waals surface area contributed by atoms with Crippen molar-refractivity contribution in [2.24, 2.45) is 0 Å². The van der Waals surface area contributed by atoms with E-state index in [1.54, 1.807) is 0 Å². The number of aryl methyl sites for hydroxylation is 3. The van der Waals surface area contributed by atoms with E-state index < -0.39 is 0 Å². The second kappa shape index (κ2) is 8.34. The highest BCUT2D eigenvalue weighted by Gasteiger charge is 2.16. The fourth-order valence-corrected chi connectivity index (χ4v) is 3.34. The summed E-state index contributed by atoms with van der Waals surface area (Å²) >= 11 is 0. The molecule has 0 amide bonds. The van der Waals surface area contributed by atoms with Crippen molar-refractivity contribution in [2.45, 2.75) is 39.5 Å². The standard InChI is InChI=1S/C20H29N3O/c1-17-7-9-20(10-8-17)23-14-12-22(13-15-23)11-5-3-4-6-19-16-18(2)24-21-19/h7-10,16H,3-6,11-15H2,1-2H3. The van der Waals surface area contributed by atoms with Crippen LogP contribution in [0.1, 0.15) is 36.3 Å². The Kier molecular flexibility index (Phi) is 5.91. The summed E-state index contributed by atoms with van der Waals surface area (Å²) in [5, 5.41) is 4.05. The van der Waals surface area contributed by atoms with Gasteiger partial charge in [-0.2, -0.15) is 0 Å². The van der Waals surface area contributed by atoms with Gasteiger partial charge in [0.05, 0.1) is 5.69 Å². The minimum absolute atomic E-state index is 0.913. The van der Waals surface area contributed by atoms with E-state index in [0.29, 0.717) is 0 Å². The van der Waals surface area contributed by atoms with Crippen molar-refractivity contribution in [3.05, 3.63) is 47.3 Å². The van der Waals surface area contributed by atoms with Crippen molar-refractivity contribution in [1.29, 1.82) is 0 Å².